The van der Waals surface area contributed by atoms with Crippen LogP contribution in [0.25, 0.3) is 0 Å². The molecule has 0 saturated heterocycles. The summed E-state index contributed by atoms with van der Waals surface area (Å²) in [6.45, 7) is 2.59. The molecule has 2 aromatic carbocycles. The predicted molar refractivity (Wildman–Crippen MR) is 108 cm³/mol. The number of carbonyl (C=O) groups is 2. The van der Waals surface area contributed by atoms with E-state index in [0.717, 1.165) is 31.2 Å². The standard InChI is InChI=1S/C22H27N3O2/c1-16-10-11-18(21(26)23-19-12-13-19)15-20(16)24-22(27)25(2)14-6-9-17-7-4-3-5-8-17/h3-5,7-8,10-11,15,19H,6,9,12-14H2,1-2H3,(H,23,26)(H,24,27). The molecule has 0 aromatic heterocycles. The molecular formula is C22H27N3O2. The lowest BCUT2D eigenvalue weighted by Gasteiger charge is -2.19. The van der Waals surface area contributed by atoms with Crippen molar-refractivity contribution in [2.24, 2.45) is 0 Å². The average Bonchev–Trinajstić information content (AvgIpc) is 3.48. The molecule has 0 unspecified atom stereocenters. The van der Waals surface area contributed by atoms with E-state index in [-0.39, 0.29) is 11.9 Å². The van der Waals surface area contributed by atoms with Gasteiger partial charge in [0, 0.05) is 30.9 Å². The Hall–Kier alpha value is -2.82. The first-order valence-corrected chi connectivity index (χ1v) is 9.50. The van der Waals surface area contributed by atoms with Gasteiger partial charge in [-0.2, -0.15) is 0 Å². The minimum absolute atomic E-state index is 0.0794. The monoisotopic (exact) mass is 365 g/mol. The molecule has 142 valence electrons. The van der Waals surface area contributed by atoms with Gasteiger partial charge in [-0.25, -0.2) is 4.79 Å². The summed E-state index contributed by atoms with van der Waals surface area (Å²) in [5.74, 6) is -0.0794. The Balaban J connectivity index is 1.53. The zero-order valence-corrected chi connectivity index (χ0v) is 16.0. The maximum absolute atomic E-state index is 12.5. The van der Waals surface area contributed by atoms with Crippen LogP contribution in [-0.2, 0) is 6.42 Å². The predicted octanol–water partition coefficient (Wildman–Crippen LogP) is 3.98. The van der Waals surface area contributed by atoms with Crippen LogP contribution in [0.3, 0.4) is 0 Å². The highest BCUT2D eigenvalue weighted by molar-refractivity contribution is 5.97. The number of nitrogens with one attached hydrogen (secondary N) is 2. The van der Waals surface area contributed by atoms with Gasteiger partial charge in [-0.1, -0.05) is 36.4 Å². The Kier molecular flexibility index (Phi) is 6.12. The summed E-state index contributed by atoms with van der Waals surface area (Å²) in [7, 11) is 1.79. The van der Waals surface area contributed by atoms with Gasteiger partial charge in [0.05, 0.1) is 0 Å². The number of anilines is 1. The van der Waals surface area contributed by atoms with E-state index >= 15 is 0 Å². The molecule has 0 spiro atoms. The van der Waals surface area contributed by atoms with Crippen molar-refractivity contribution in [2.75, 3.05) is 18.9 Å². The average molecular weight is 365 g/mol. The number of hydrogen-bond donors (Lipinski definition) is 2. The van der Waals surface area contributed by atoms with Gasteiger partial charge in [-0.15, -0.1) is 0 Å². The first-order chi connectivity index (χ1) is 13.0. The van der Waals surface area contributed by atoms with Crippen molar-refractivity contribution in [3.63, 3.8) is 0 Å². The quantitative estimate of drug-likeness (QED) is 0.779. The summed E-state index contributed by atoms with van der Waals surface area (Å²) < 4.78 is 0. The summed E-state index contributed by atoms with van der Waals surface area (Å²) in [5.41, 5.74) is 3.47. The molecule has 0 atom stereocenters. The summed E-state index contributed by atoms with van der Waals surface area (Å²) in [5, 5.41) is 5.90. The molecule has 5 nitrogen and oxygen atoms in total. The molecule has 2 N–H and O–H groups in total. The van der Waals surface area contributed by atoms with Crippen LogP contribution >= 0.6 is 0 Å². The number of nitrogens with zero attached hydrogens (tertiary/aromatic N) is 1. The van der Waals surface area contributed by atoms with Crippen molar-refractivity contribution < 1.29 is 9.59 Å². The normalized spacial score (nSPS) is 13.1. The smallest absolute Gasteiger partial charge is 0.321 e. The second-order valence-electron chi connectivity index (χ2n) is 7.22. The van der Waals surface area contributed by atoms with Crippen molar-refractivity contribution in [2.45, 2.75) is 38.6 Å². The number of hydrogen-bond acceptors (Lipinski definition) is 2. The van der Waals surface area contributed by atoms with E-state index in [2.05, 4.69) is 22.8 Å². The molecule has 0 aliphatic heterocycles. The summed E-state index contributed by atoms with van der Waals surface area (Å²) in [4.78, 5) is 26.4. The maximum Gasteiger partial charge on any atom is 0.321 e. The molecule has 2 aromatic rings. The Labute approximate surface area is 160 Å². The third kappa shape index (κ3) is 5.58. The van der Waals surface area contributed by atoms with Crippen LogP contribution in [0.1, 0.15) is 40.7 Å². The Morgan fingerprint density at radius 3 is 2.56 bits per heavy atom. The third-order valence-electron chi connectivity index (χ3n) is 4.80. The molecule has 5 heteroatoms. The van der Waals surface area contributed by atoms with E-state index < -0.39 is 0 Å². The highest BCUT2D eigenvalue weighted by atomic mass is 16.2. The maximum atomic E-state index is 12.5. The van der Waals surface area contributed by atoms with Gasteiger partial charge >= 0.3 is 6.03 Å². The molecule has 0 heterocycles. The number of rotatable bonds is 7. The minimum Gasteiger partial charge on any atom is -0.349 e. The highest BCUT2D eigenvalue weighted by Crippen LogP contribution is 2.21. The lowest BCUT2D eigenvalue weighted by Crippen LogP contribution is -2.32. The topological polar surface area (TPSA) is 61.4 Å². The number of carbonyl (C=O) groups excluding carboxylic acids is 2. The SMILES string of the molecule is Cc1ccc(C(=O)NC2CC2)cc1NC(=O)N(C)CCCc1ccccc1. The van der Waals surface area contributed by atoms with E-state index in [1.54, 1.807) is 24.1 Å². The van der Waals surface area contributed by atoms with Crippen LogP contribution in [0.2, 0.25) is 0 Å². The Morgan fingerprint density at radius 1 is 1.11 bits per heavy atom. The van der Waals surface area contributed by atoms with Crippen molar-refractivity contribution in [3.05, 3.63) is 65.2 Å². The van der Waals surface area contributed by atoms with Crippen LogP contribution in [0.4, 0.5) is 10.5 Å². The van der Waals surface area contributed by atoms with Gasteiger partial charge in [0.15, 0.2) is 0 Å². The van der Waals surface area contributed by atoms with Crippen LogP contribution in [0.15, 0.2) is 48.5 Å². The van der Waals surface area contributed by atoms with Crippen molar-refractivity contribution in [3.8, 4) is 0 Å². The third-order valence-corrected chi connectivity index (χ3v) is 4.80. The van der Waals surface area contributed by atoms with Crippen molar-refractivity contribution in [1.82, 2.24) is 10.2 Å². The number of amides is 3. The summed E-state index contributed by atoms with van der Waals surface area (Å²) in [6.07, 6.45) is 3.94. The van der Waals surface area contributed by atoms with Gasteiger partial charge in [-0.3, -0.25) is 4.79 Å². The molecule has 1 fully saturated rings. The molecule has 3 amide bonds. The van der Waals surface area contributed by atoms with Crippen LogP contribution < -0.4 is 10.6 Å². The Bertz CT molecular complexity index is 800. The Morgan fingerprint density at radius 2 is 1.85 bits per heavy atom. The lowest BCUT2D eigenvalue weighted by atomic mass is 10.1. The second-order valence-corrected chi connectivity index (χ2v) is 7.22. The largest absolute Gasteiger partial charge is 0.349 e. The van der Waals surface area contributed by atoms with E-state index in [1.807, 2.05) is 31.2 Å². The fraction of sp³-hybridized carbons (Fsp3) is 0.364. The minimum atomic E-state index is -0.161. The molecule has 1 aliphatic carbocycles. The van der Waals surface area contributed by atoms with E-state index in [4.69, 9.17) is 0 Å². The van der Waals surface area contributed by atoms with E-state index in [9.17, 15) is 9.59 Å². The van der Waals surface area contributed by atoms with E-state index in [1.165, 1.54) is 5.56 Å². The van der Waals surface area contributed by atoms with E-state index in [0.29, 0.717) is 23.8 Å². The number of aryl methyl sites for hydroxylation is 2. The van der Waals surface area contributed by atoms with Gasteiger partial charge in [0.2, 0.25) is 0 Å². The van der Waals surface area contributed by atoms with Crippen LogP contribution in [0.5, 0.6) is 0 Å². The molecule has 3 rings (SSSR count). The fourth-order valence-corrected chi connectivity index (χ4v) is 2.87. The molecule has 0 radical (unpaired) electrons. The van der Waals surface area contributed by atoms with Crippen LogP contribution in [0, 0.1) is 6.92 Å². The van der Waals surface area contributed by atoms with Crippen molar-refractivity contribution >= 4 is 17.6 Å². The number of benzene rings is 2. The summed E-state index contributed by atoms with van der Waals surface area (Å²) >= 11 is 0. The zero-order valence-electron chi connectivity index (χ0n) is 16.0. The molecule has 0 bridgehead atoms. The zero-order chi connectivity index (χ0) is 19.2. The van der Waals surface area contributed by atoms with Gasteiger partial charge in [-0.05, 0) is 55.9 Å². The molecule has 1 aliphatic rings. The number of urea groups is 1. The summed E-state index contributed by atoms with van der Waals surface area (Å²) in [6, 6.07) is 15.8. The molecule has 1 saturated carbocycles. The first-order valence-electron chi connectivity index (χ1n) is 9.50. The first kappa shape index (κ1) is 19.0. The van der Waals surface area contributed by atoms with Crippen molar-refractivity contribution in [1.29, 1.82) is 0 Å². The second kappa shape index (κ2) is 8.71. The fourth-order valence-electron chi connectivity index (χ4n) is 2.87. The molecule has 27 heavy (non-hydrogen) atoms. The van der Waals surface area contributed by atoms with Gasteiger partial charge < -0.3 is 15.5 Å². The van der Waals surface area contributed by atoms with Gasteiger partial charge in [0.1, 0.15) is 0 Å². The van der Waals surface area contributed by atoms with Crippen LogP contribution in [-0.4, -0.2) is 36.5 Å². The highest BCUT2D eigenvalue weighted by Gasteiger charge is 2.24. The van der Waals surface area contributed by atoms with Gasteiger partial charge in [0.25, 0.3) is 5.91 Å². The molecular weight excluding hydrogens is 338 g/mol. The lowest BCUT2D eigenvalue weighted by molar-refractivity contribution is 0.0951.